The van der Waals surface area contributed by atoms with E-state index >= 15 is 0 Å². The zero-order valence-corrected chi connectivity index (χ0v) is 17.3. The molecule has 0 radical (unpaired) electrons. The monoisotopic (exact) mass is 388 g/mol. The number of piperidine rings is 2. The number of aliphatic hydroxyl groups is 1. The van der Waals surface area contributed by atoms with Gasteiger partial charge in [-0.05, 0) is 45.2 Å². The highest BCUT2D eigenvalue weighted by Crippen LogP contribution is 2.24. The van der Waals surface area contributed by atoms with E-state index in [1.165, 1.54) is 32.4 Å². The molecule has 3 fully saturated rings. The molecule has 0 spiro atoms. The van der Waals surface area contributed by atoms with E-state index < -0.39 is 0 Å². The van der Waals surface area contributed by atoms with Crippen molar-refractivity contribution in [2.75, 3.05) is 75.8 Å². The first-order chi connectivity index (χ1) is 13.7. The van der Waals surface area contributed by atoms with Crippen LogP contribution in [0.3, 0.4) is 0 Å². The molecule has 0 aliphatic carbocycles. The number of likely N-dealkylation sites (tertiary alicyclic amines) is 1. The number of hydrogen-bond donors (Lipinski definition) is 1. The second kappa shape index (κ2) is 9.37. The van der Waals surface area contributed by atoms with Gasteiger partial charge in [0, 0.05) is 64.5 Å². The van der Waals surface area contributed by atoms with E-state index in [1.807, 2.05) is 0 Å². The second-order valence-electron chi connectivity index (χ2n) is 8.79. The van der Waals surface area contributed by atoms with Crippen molar-refractivity contribution in [3.05, 3.63) is 12.4 Å². The van der Waals surface area contributed by atoms with Crippen LogP contribution in [0, 0.1) is 5.92 Å². The average molecular weight is 389 g/mol. The number of anilines is 2. The first-order valence-electron chi connectivity index (χ1n) is 11.1. The van der Waals surface area contributed by atoms with E-state index in [1.54, 1.807) is 6.33 Å². The lowest BCUT2D eigenvalue weighted by Gasteiger charge is -2.40. The molecule has 156 valence electrons. The highest BCUT2D eigenvalue weighted by atomic mass is 16.3. The lowest BCUT2D eigenvalue weighted by atomic mass is 9.99. The third-order valence-electron chi connectivity index (χ3n) is 6.83. The fourth-order valence-corrected chi connectivity index (χ4v) is 4.94. The zero-order chi connectivity index (χ0) is 19.3. The number of piperazine rings is 1. The van der Waals surface area contributed by atoms with Crippen molar-refractivity contribution in [1.29, 1.82) is 0 Å². The Morgan fingerprint density at radius 2 is 1.71 bits per heavy atom. The maximum atomic E-state index is 9.50. The average Bonchev–Trinajstić information content (AvgIpc) is 2.76. The highest BCUT2D eigenvalue weighted by molar-refractivity contribution is 5.50. The van der Waals surface area contributed by atoms with Crippen molar-refractivity contribution in [1.82, 2.24) is 19.8 Å². The van der Waals surface area contributed by atoms with Crippen molar-refractivity contribution in [2.45, 2.75) is 38.1 Å². The van der Waals surface area contributed by atoms with Gasteiger partial charge in [-0.2, -0.15) is 0 Å². The van der Waals surface area contributed by atoms with Crippen molar-refractivity contribution in [3.8, 4) is 0 Å². The van der Waals surface area contributed by atoms with Gasteiger partial charge in [0.05, 0.1) is 0 Å². The Kier molecular flexibility index (Phi) is 6.65. The van der Waals surface area contributed by atoms with Gasteiger partial charge in [-0.25, -0.2) is 9.97 Å². The van der Waals surface area contributed by atoms with Gasteiger partial charge in [-0.3, -0.25) is 4.90 Å². The SMILES string of the molecule is CN1CCCC[C@H]1CN1CCN(c2cc(N3CCC[C@H](CO)C3)ncn2)CC1. The summed E-state index contributed by atoms with van der Waals surface area (Å²) in [6.45, 7) is 8.94. The Bertz CT molecular complexity index is 621. The quantitative estimate of drug-likeness (QED) is 0.816. The molecule has 0 aromatic carbocycles. The molecule has 1 N–H and O–H groups in total. The van der Waals surface area contributed by atoms with Gasteiger partial charge in [0.15, 0.2) is 0 Å². The van der Waals surface area contributed by atoms with E-state index in [4.69, 9.17) is 0 Å². The van der Waals surface area contributed by atoms with Gasteiger partial charge in [-0.1, -0.05) is 6.42 Å². The normalized spacial score (nSPS) is 27.9. The van der Waals surface area contributed by atoms with Crippen molar-refractivity contribution < 1.29 is 5.11 Å². The Morgan fingerprint density at radius 3 is 2.46 bits per heavy atom. The largest absolute Gasteiger partial charge is 0.396 e. The third kappa shape index (κ3) is 4.75. The topological polar surface area (TPSA) is 59.0 Å². The van der Waals surface area contributed by atoms with Gasteiger partial charge in [0.25, 0.3) is 0 Å². The predicted octanol–water partition coefficient (Wildman–Crippen LogP) is 1.29. The van der Waals surface area contributed by atoms with E-state index in [2.05, 4.69) is 42.7 Å². The van der Waals surface area contributed by atoms with Crippen LogP contribution in [0.5, 0.6) is 0 Å². The summed E-state index contributed by atoms with van der Waals surface area (Å²) in [5.41, 5.74) is 0. The summed E-state index contributed by atoms with van der Waals surface area (Å²) >= 11 is 0. The summed E-state index contributed by atoms with van der Waals surface area (Å²) < 4.78 is 0. The Hall–Kier alpha value is -1.44. The van der Waals surface area contributed by atoms with Crippen LogP contribution in [0.1, 0.15) is 32.1 Å². The molecular formula is C21H36N6O. The standard InChI is InChI=1S/C21H36N6O/c1-24-7-3-2-6-19(24)15-25-9-11-26(12-10-25)20-13-21(23-17-22-20)27-8-4-5-18(14-27)16-28/h13,17-19,28H,2-12,14-16H2,1H3/t18-,19-/m0/s1. The predicted molar refractivity (Wildman–Crippen MR) is 113 cm³/mol. The molecular weight excluding hydrogens is 352 g/mol. The van der Waals surface area contributed by atoms with Crippen LogP contribution in [-0.2, 0) is 0 Å². The van der Waals surface area contributed by atoms with E-state index in [-0.39, 0.29) is 6.61 Å². The van der Waals surface area contributed by atoms with Crippen molar-refractivity contribution >= 4 is 11.6 Å². The minimum Gasteiger partial charge on any atom is -0.396 e. The van der Waals surface area contributed by atoms with Crippen LogP contribution >= 0.6 is 0 Å². The molecule has 2 atom stereocenters. The lowest BCUT2D eigenvalue weighted by molar-refractivity contribution is 0.124. The molecule has 0 saturated carbocycles. The number of rotatable bonds is 5. The van der Waals surface area contributed by atoms with Gasteiger partial charge < -0.3 is 19.8 Å². The fraction of sp³-hybridized carbons (Fsp3) is 0.810. The van der Waals surface area contributed by atoms with E-state index in [9.17, 15) is 5.11 Å². The van der Waals surface area contributed by atoms with Gasteiger partial charge in [0.2, 0.25) is 0 Å². The van der Waals surface area contributed by atoms with Crippen LogP contribution in [0.4, 0.5) is 11.6 Å². The van der Waals surface area contributed by atoms with Gasteiger partial charge >= 0.3 is 0 Å². The molecule has 4 heterocycles. The highest BCUT2D eigenvalue weighted by Gasteiger charge is 2.25. The summed E-state index contributed by atoms with van der Waals surface area (Å²) in [5.74, 6) is 2.42. The van der Waals surface area contributed by atoms with Crippen LogP contribution in [0.25, 0.3) is 0 Å². The van der Waals surface area contributed by atoms with Crippen LogP contribution in [0.2, 0.25) is 0 Å². The Labute approximate surface area is 169 Å². The Morgan fingerprint density at radius 1 is 0.929 bits per heavy atom. The molecule has 3 aliphatic rings. The number of aromatic nitrogens is 2. The molecule has 0 bridgehead atoms. The van der Waals surface area contributed by atoms with Gasteiger partial charge in [-0.15, -0.1) is 0 Å². The van der Waals surface area contributed by atoms with Crippen molar-refractivity contribution in [3.63, 3.8) is 0 Å². The Balaban J connectivity index is 1.32. The van der Waals surface area contributed by atoms with E-state index in [0.717, 1.165) is 69.8 Å². The second-order valence-corrected chi connectivity index (χ2v) is 8.79. The summed E-state index contributed by atoms with van der Waals surface area (Å²) in [6, 6.07) is 2.87. The van der Waals surface area contributed by atoms with Crippen LogP contribution in [0.15, 0.2) is 12.4 Å². The van der Waals surface area contributed by atoms with Gasteiger partial charge in [0.1, 0.15) is 18.0 Å². The summed E-state index contributed by atoms with van der Waals surface area (Å²) in [5, 5.41) is 9.50. The number of hydrogen-bond acceptors (Lipinski definition) is 7. The molecule has 1 aromatic heterocycles. The molecule has 0 amide bonds. The molecule has 28 heavy (non-hydrogen) atoms. The maximum Gasteiger partial charge on any atom is 0.134 e. The third-order valence-corrected chi connectivity index (χ3v) is 6.83. The summed E-state index contributed by atoms with van der Waals surface area (Å²) in [4.78, 5) is 19.0. The number of nitrogens with zero attached hydrogens (tertiary/aromatic N) is 6. The first kappa shape index (κ1) is 19.9. The minimum absolute atomic E-state index is 0.270. The molecule has 7 nitrogen and oxygen atoms in total. The zero-order valence-electron chi connectivity index (χ0n) is 17.3. The maximum absolute atomic E-state index is 9.50. The van der Waals surface area contributed by atoms with Crippen LogP contribution < -0.4 is 9.80 Å². The fourth-order valence-electron chi connectivity index (χ4n) is 4.94. The minimum atomic E-state index is 0.270. The molecule has 0 unspecified atom stereocenters. The molecule has 4 rings (SSSR count). The first-order valence-corrected chi connectivity index (χ1v) is 11.1. The molecule has 7 heteroatoms. The molecule has 3 saturated heterocycles. The summed E-state index contributed by atoms with van der Waals surface area (Å²) in [6.07, 6.45) is 8.02. The van der Waals surface area contributed by atoms with E-state index in [0.29, 0.717) is 5.92 Å². The van der Waals surface area contributed by atoms with Crippen LogP contribution in [-0.4, -0.2) is 96.9 Å². The lowest BCUT2D eigenvalue weighted by Crippen LogP contribution is -2.52. The van der Waals surface area contributed by atoms with Crippen molar-refractivity contribution in [2.24, 2.45) is 5.92 Å². The smallest absolute Gasteiger partial charge is 0.134 e. The molecule has 3 aliphatic heterocycles. The summed E-state index contributed by atoms with van der Waals surface area (Å²) in [7, 11) is 2.28. The number of aliphatic hydroxyl groups excluding tert-OH is 1. The number of likely N-dealkylation sites (N-methyl/N-ethyl adjacent to an activating group) is 1. The molecule has 1 aromatic rings.